The van der Waals surface area contributed by atoms with E-state index in [0.717, 1.165) is 24.2 Å². The van der Waals surface area contributed by atoms with Gasteiger partial charge in [0.15, 0.2) is 12.4 Å². The van der Waals surface area contributed by atoms with E-state index in [-0.39, 0.29) is 5.78 Å². The quantitative estimate of drug-likeness (QED) is 0.0625. The highest BCUT2D eigenvalue weighted by Gasteiger charge is 2.47. The highest BCUT2D eigenvalue weighted by atomic mass is 19.4. The van der Waals surface area contributed by atoms with Gasteiger partial charge in [-0.2, -0.15) is 132 Å². The molecule has 3 nitrogen and oxygen atoms in total. The fourth-order valence-corrected chi connectivity index (χ4v) is 8.96. The first-order valence-electron chi connectivity index (χ1n) is 22.7. The molecule has 0 aliphatic heterocycles. The van der Waals surface area contributed by atoms with Crippen LogP contribution in [-0.4, -0.2) is 18.0 Å². The molecule has 0 bridgehead atoms. The first-order chi connectivity index (χ1) is 36.1. The monoisotopic (exact) mass is 1160 g/mol. The second kappa shape index (κ2) is 22.0. The minimum absolute atomic E-state index is 0.111. The molecule has 1 heterocycles. The highest BCUT2D eigenvalue weighted by Crippen LogP contribution is 2.41. The number of hydrogen-bond acceptors (Lipinski definition) is 2. The summed E-state index contributed by atoms with van der Waals surface area (Å²) in [7, 11) is 0. The van der Waals surface area contributed by atoms with Crippen LogP contribution in [0.1, 0.15) is 87.0 Å². The molecule has 28 heteroatoms. The van der Waals surface area contributed by atoms with Crippen molar-refractivity contribution in [1.82, 2.24) is 0 Å². The number of halogens is 24. The predicted molar refractivity (Wildman–Crippen MR) is 235 cm³/mol. The zero-order valence-electron chi connectivity index (χ0n) is 39.4. The number of Topliss-reactive ketones (excluding diaryl/α,β-unsaturated/α-hetero) is 1. The van der Waals surface area contributed by atoms with Crippen LogP contribution in [0.4, 0.5) is 105 Å². The van der Waals surface area contributed by atoms with Crippen LogP contribution in [0, 0.1) is 0 Å². The number of pyridine rings is 1. The molecule has 0 saturated heterocycles. The summed E-state index contributed by atoms with van der Waals surface area (Å²) < 4.78 is 349. The van der Waals surface area contributed by atoms with Gasteiger partial charge in [-0.1, -0.05) is 61.0 Å². The number of ketones is 1. The number of aromatic nitrogens is 1. The summed E-state index contributed by atoms with van der Waals surface area (Å²) in [5, 5.41) is 0. The van der Waals surface area contributed by atoms with E-state index in [1.807, 2.05) is 59.4 Å². The first kappa shape index (κ1) is 61.3. The smallest absolute Gasteiger partial charge is 0.416 e. The van der Waals surface area contributed by atoms with Crippen LogP contribution in [0.25, 0.3) is 0 Å². The molecule has 1 fully saturated rings. The molecule has 0 atom stereocenters. The van der Waals surface area contributed by atoms with Gasteiger partial charge >= 0.3 is 49.4 Å². The van der Waals surface area contributed by atoms with Gasteiger partial charge in [-0.3, -0.25) is 4.79 Å². The lowest BCUT2D eigenvalue weighted by atomic mass is 9.12. The summed E-state index contributed by atoms with van der Waals surface area (Å²) in [6.45, 7) is 0.365. The summed E-state index contributed by atoms with van der Waals surface area (Å²) in [5.74, 6) is 0.983. The molecule has 0 spiro atoms. The Morgan fingerprint density at radius 2 is 0.658 bits per heavy atom. The van der Waals surface area contributed by atoms with E-state index in [4.69, 9.17) is 4.74 Å². The number of carbonyl (C=O) groups excluding carboxylic acids is 1. The number of benzene rings is 5. The zero-order chi connectivity index (χ0) is 59.1. The molecule has 0 amide bonds. The number of carbonyl (C=O) groups is 1. The van der Waals surface area contributed by atoms with Crippen molar-refractivity contribution in [2.75, 3.05) is 0 Å². The summed E-state index contributed by atoms with van der Waals surface area (Å²) in [4.78, 5) is 12.3. The standard InChI is InChI=1S/C32H12BF24.C19H22NO2/c34-25(35,36)13-1-14(26(37,38)39)6-21(5-13)33(22-7-15(27(40,41)42)2-16(8-22)28(43,44)45,23-9-17(29(46,47)48)3-18(10-23)30(49,50)51)24-11-19(31(52,53)54)4-20(12-24)32(55,56)57;21-19(15-20-13-5-2-6-14-20)16-9-11-18(12-10-16)22-17-7-3-1-4-8-17/h1-12H;2,5-6,9-14,17H,1,3-4,7-8,15H2/q-1;+1. The Hall–Kier alpha value is -6.90. The molecule has 1 saturated carbocycles. The number of hydrogen-bond donors (Lipinski definition) is 0. The van der Waals surface area contributed by atoms with E-state index in [0.29, 0.717) is 12.6 Å². The molecule has 7 rings (SSSR count). The van der Waals surface area contributed by atoms with Crippen LogP contribution in [-0.2, 0) is 56.0 Å². The fraction of sp³-hybridized carbons (Fsp3) is 0.294. The zero-order valence-corrected chi connectivity index (χ0v) is 39.4. The summed E-state index contributed by atoms with van der Waals surface area (Å²) in [5.41, 5.74) is -29.5. The van der Waals surface area contributed by atoms with Crippen molar-refractivity contribution < 1.29 is 119 Å². The van der Waals surface area contributed by atoms with Gasteiger partial charge in [-0.15, -0.1) is 0 Å². The maximum atomic E-state index is 14.2. The molecule has 426 valence electrons. The second-order valence-corrected chi connectivity index (χ2v) is 18.1. The molecular weight excluding hydrogens is 1130 g/mol. The maximum Gasteiger partial charge on any atom is 0.416 e. The van der Waals surface area contributed by atoms with Crippen molar-refractivity contribution in [3.05, 3.63) is 178 Å². The number of alkyl halides is 24. The molecule has 0 unspecified atom stereocenters. The van der Waals surface area contributed by atoms with Crippen molar-refractivity contribution in [2.24, 2.45) is 0 Å². The molecule has 0 N–H and O–H groups in total. The third kappa shape index (κ3) is 14.9. The van der Waals surface area contributed by atoms with Crippen molar-refractivity contribution in [3.8, 4) is 5.75 Å². The third-order valence-corrected chi connectivity index (χ3v) is 12.6. The van der Waals surface area contributed by atoms with E-state index >= 15 is 0 Å². The van der Waals surface area contributed by atoms with Crippen LogP contribution >= 0.6 is 0 Å². The molecule has 5 aromatic carbocycles. The molecule has 1 aromatic heterocycles. The average Bonchev–Trinajstić information content (AvgIpc) is 3.33. The van der Waals surface area contributed by atoms with Crippen molar-refractivity contribution in [2.45, 2.75) is 94.2 Å². The number of ether oxygens (including phenoxy) is 1. The Kier molecular flexibility index (Phi) is 17.1. The first-order valence-corrected chi connectivity index (χ1v) is 22.7. The van der Waals surface area contributed by atoms with Gasteiger partial charge in [0.2, 0.25) is 12.3 Å². The second-order valence-electron chi connectivity index (χ2n) is 18.1. The van der Waals surface area contributed by atoms with Gasteiger partial charge < -0.3 is 4.74 Å². The minimum Gasteiger partial charge on any atom is -0.490 e. The van der Waals surface area contributed by atoms with Gasteiger partial charge in [0, 0.05) is 17.7 Å². The number of nitrogens with zero attached hydrogens (tertiary/aromatic N) is 1. The molecule has 1 aliphatic carbocycles. The predicted octanol–water partition coefficient (Wildman–Crippen LogP) is 14.8. The summed E-state index contributed by atoms with van der Waals surface area (Å²) in [6.07, 6.45) is -44.5. The summed E-state index contributed by atoms with van der Waals surface area (Å²) >= 11 is 0. The Balaban J connectivity index is 0.000000378. The fourth-order valence-electron chi connectivity index (χ4n) is 8.96. The van der Waals surface area contributed by atoms with Crippen LogP contribution in [0.5, 0.6) is 5.75 Å². The van der Waals surface area contributed by atoms with Crippen LogP contribution < -0.4 is 31.2 Å². The van der Waals surface area contributed by atoms with Crippen molar-refractivity contribution >= 4 is 33.8 Å². The Bertz CT molecular complexity index is 2670. The normalized spacial score (nSPS) is 14.6. The Morgan fingerprint density at radius 1 is 0.392 bits per heavy atom. The Morgan fingerprint density at radius 3 is 0.911 bits per heavy atom. The van der Waals surface area contributed by atoms with Crippen LogP contribution in [0.15, 0.2) is 128 Å². The lowest BCUT2D eigenvalue weighted by Gasteiger charge is -2.46. The van der Waals surface area contributed by atoms with Gasteiger partial charge in [0.25, 0.3) is 0 Å². The minimum atomic E-state index is -6.13. The molecule has 0 radical (unpaired) electrons. The van der Waals surface area contributed by atoms with Crippen LogP contribution in [0.3, 0.4) is 0 Å². The SMILES string of the molecule is FC(F)(F)c1cc([B-](c2cc(C(F)(F)F)cc(C(F)(F)F)c2)(c2cc(C(F)(F)F)cc(C(F)(F)F)c2)c2cc(C(F)(F)F)cc(C(F)(F)F)c2)cc(C(F)(F)F)c1.O=C(C[n+]1ccccc1)c1ccc(OC2CCCCC2)cc1. The van der Waals surface area contributed by atoms with E-state index in [9.17, 15) is 110 Å². The average molecular weight is 1160 g/mol. The highest BCUT2D eigenvalue weighted by molar-refractivity contribution is 7.20. The van der Waals surface area contributed by atoms with Crippen molar-refractivity contribution in [3.63, 3.8) is 0 Å². The molecule has 1 aliphatic rings. The van der Waals surface area contributed by atoms with E-state index in [2.05, 4.69) is 0 Å². The van der Waals surface area contributed by atoms with E-state index in [1.165, 1.54) is 19.3 Å². The van der Waals surface area contributed by atoms with Gasteiger partial charge in [0.05, 0.1) is 50.6 Å². The Labute approximate surface area is 430 Å². The summed E-state index contributed by atoms with van der Waals surface area (Å²) in [6, 6.07) is 4.54. The molecular formula is C51H34BF24NO2. The molecule has 6 aromatic rings. The van der Waals surface area contributed by atoms with E-state index < -0.39 is 195 Å². The van der Waals surface area contributed by atoms with Gasteiger partial charge in [-0.25, -0.2) is 0 Å². The lowest BCUT2D eigenvalue weighted by Crippen LogP contribution is -2.75. The van der Waals surface area contributed by atoms with Gasteiger partial charge in [0.1, 0.15) is 11.9 Å². The van der Waals surface area contributed by atoms with Gasteiger partial charge in [-0.05, 0) is 74.2 Å². The topological polar surface area (TPSA) is 30.2 Å². The molecule has 79 heavy (non-hydrogen) atoms. The van der Waals surface area contributed by atoms with Crippen molar-refractivity contribution in [1.29, 1.82) is 0 Å². The lowest BCUT2D eigenvalue weighted by molar-refractivity contribution is -0.683. The largest absolute Gasteiger partial charge is 0.490 e. The third-order valence-electron chi connectivity index (χ3n) is 12.6. The van der Waals surface area contributed by atoms with E-state index in [1.54, 1.807) is 0 Å². The number of rotatable bonds is 9. The van der Waals surface area contributed by atoms with Crippen LogP contribution in [0.2, 0.25) is 0 Å². The maximum absolute atomic E-state index is 14.2.